The lowest BCUT2D eigenvalue weighted by atomic mass is 10.4. The second-order valence-electron chi connectivity index (χ2n) is 1.53. The Bertz CT molecular complexity index is 50.4. The average molecular weight is 122 g/mol. The van der Waals surface area contributed by atoms with Gasteiger partial charge in [0.15, 0.2) is 0 Å². The Morgan fingerprint density at radius 1 is 1.25 bits per heavy atom. The van der Waals surface area contributed by atoms with E-state index in [4.69, 9.17) is 0 Å². The molecular formula is C5H11FO2. The monoisotopic (exact) mass is 122 g/mol. The van der Waals surface area contributed by atoms with Gasteiger partial charge in [0, 0.05) is 14.2 Å². The third-order valence-electron chi connectivity index (χ3n) is 0.966. The predicted molar refractivity (Wildman–Crippen MR) is 28.4 cm³/mol. The van der Waals surface area contributed by atoms with Crippen molar-refractivity contribution < 1.29 is 13.9 Å². The van der Waals surface area contributed by atoms with Gasteiger partial charge in [-0.3, -0.25) is 0 Å². The first kappa shape index (κ1) is 7.85. The number of ether oxygens (including phenoxy) is 2. The zero-order chi connectivity index (χ0) is 6.57. The first-order valence-corrected chi connectivity index (χ1v) is 2.42. The van der Waals surface area contributed by atoms with Crippen molar-refractivity contribution in [2.45, 2.75) is 19.4 Å². The Balaban J connectivity index is 3.29. The van der Waals surface area contributed by atoms with Crippen molar-refractivity contribution in [1.82, 2.24) is 0 Å². The van der Waals surface area contributed by atoms with Gasteiger partial charge < -0.3 is 9.47 Å². The van der Waals surface area contributed by atoms with Crippen molar-refractivity contribution in [1.29, 1.82) is 0 Å². The molecule has 0 aliphatic carbocycles. The molecule has 0 bridgehead atoms. The molecule has 0 aromatic heterocycles. The van der Waals surface area contributed by atoms with E-state index in [-0.39, 0.29) is 0 Å². The number of alkyl halides is 1. The molecule has 0 fully saturated rings. The minimum atomic E-state index is -1.31. The van der Waals surface area contributed by atoms with Crippen LogP contribution in [0.5, 0.6) is 0 Å². The highest BCUT2D eigenvalue weighted by Gasteiger charge is 2.12. The summed E-state index contributed by atoms with van der Waals surface area (Å²) in [7, 11) is 2.75. The van der Waals surface area contributed by atoms with Crippen molar-refractivity contribution in [3.8, 4) is 0 Å². The van der Waals surface area contributed by atoms with Crippen molar-refractivity contribution in [2.75, 3.05) is 14.2 Å². The second kappa shape index (κ2) is 3.80. The molecular weight excluding hydrogens is 111 g/mol. The van der Waals surface area contributed by atoms with Crippen LogP contribution in [0.2, 0.25) is 0 Å². The molecule has 0 heterocycles. The van der Waals surface area contributed by atoms with Crippen molar-refractivity contribution >= 4 is 0 Å². The minimum Gasteiger partial charge on any atom is -0.376 e. The number of halogens is 1. The molecule has 0 aliphatic rings. The summed E-state index contributed by atoms with van der Waals surface area (Å²) in [6.45, 7) is 1.61. The minimum absolute atomic E-state index is 0.472. The largest absolute Gasteiger partial charge is 0.376 e. The summed E-state index contributed by atoms with van der Waals surface area (Å²) in [4.78, 5) is 0. The molecule has 2 unspecified atom stereocenters. The van der Waals surface area contributed by atoms with Crippen LogP contribution in [0.15, 0.2) is 0 Å². The van der Waals surface area contributed by atoms with Gasteiger partial charge in [0.2, 0.25) is 6.36 Å². The summed E-state index contributed by atoms with van der Waals surface area (Å²) >= 11 is 0. The Morgan fingerprint density at radius 2 is 1.75 bits per heavy atom. The molecule has 0 spiro atoms. The lowest BCUT2D eigenvalue weighted by molar-refractivity contribution is -0.0983. The first-order chi connectivity index (χ1) is 3.72. The fraction of sp³-hybridized carbons (Fsp3) is 1.00. The molecule has 0 radical (unpaired) electrons. The standard InChI is InChI=1S/C5H11FO2/c1-4(7-2)5(6)8-3/h4-5H,1-3H3. The maximum absolute atomic E-state index is 12.2. The van der Waals surface area contributed by atoms with Crippen LogP contribution in [-0.2, 0) is 9.47 Å². The molecule has 0 aromatic rings. The molecule has 0 saturated carbocycles. The van der Waals surface area contributed by atoms with Crippen LogP contribution in [0.25, 0.3) is 0 Å². The summed E-state index contributed by atoms with van der Waals surface area (Å²) < 4.78 is 21.1. The van der Waals surface area contributed by atoms with Crippen LogP contribution in [0.3, 0.4) is 0 Å². The lowest BCUT2D eigenvalue weighted by Crippen LogP contribution is -2.21. The fourth-order valence-electron chi connectivity index (χ4n) is 0.299. The third kappa shape index (κ3) is 2.23. The highest BCUT2D eigenvalue weighted by atomic mass is 19.1. The van der Waals surface area contributed by atoms with Gasteiger partial charge in [-0.15, -0.1) is 0 Å². The number of rotatable bonds is 3. The van der Waals surface area contributed by atoms with E-state index in [1.54, 1.807) is 6.92 Å². The van der Waals surface area contributed by atoms with E-state index >= 15 is 0 Å². The van der Waals surface area contributed by atoms with Gasteiger partial charge >= 0.3 is 0 Å². The topological polar surface area (TPSA) is 18.5 Å². The van der Waals surface area contributed by atoms with Gasteiger partial charge in [-0.25, -0.2) is 4.39 Å². The van der Waals surface area contributed by atoms with E-state index in [9.17, 15) is 4.39 Å². The van der Waals surface area contributed by atoms with E-state index in [1.165, 1.54) is 14.2 Å². The molecule has 0 saturated heterocycles. The van der Waals surface area contributed by atoms with E-state index < -0.39 is 12.5 Å². The Labute approximate surface area is 48.6 Å². The summed E-state index contributed by atoms with van der Waals surface area (Å²) in [6.07, 6.45) is -1.78. The predicted octanol–water partition coefficient (Wildman–Crippen LogP) is 0.963. The molecule has 0 aliphatic heterocycles. The summed E-state index contributed by atoms with van der Waals surface area (Å²) in [5.41, 5.74) is 0. The van der Waals surface area contributed by atoms with Crippen LogP contribution in [0.1, 0.15) is 6.92 Å². The third-order valence-corrected chi connectivity index (χ3v) is 0.966. The molecule has 0 N–H and O–H groups in total. The van der Waals surface area contributed by atoms with Crippen molar-refractivity contribution in [3.63, 3.8) is 0 Å². The van der Waals surface area contributed by atoms with Crippen molar-refractivity contribution in [3.05, 3.63) is 0 Å². The van der Waals surface area contributed by atoms with Crippen LogP contribution in [0.4, 0.5) is 4.39 Å². The van der Waals surface area contributed by atoms with Crippen LogP contribution in [-0.4, -0.2) is 26.7 Å². The Morgan fingerprint density at radius 3 is 1.88 bits per heavy atom. The summed E-state index contributed by atoms with van der Waals surface area (Å²) in [6, 6.07) is 0. The highest BCUT2D eigenvalue weighted by molar-refractivity contribution is 4.49. The van der Waals surface area contributed by atoms with Crippen LogP contribution in [0, 0.1) is 0 Å². The van der Waals surface area contributed by atoms with E-state index in [2.05, 4.69) is 9.47 Å². The molecule has 50 valence electrons. The Hall–Kier alpha value is -0.150. The fourth-order valence-corrected chi connectivity index (χ4v) is 0.299. The van der Waals surface area contributed by atoms with E-state index in [0.29, 0.717) is 0 Å². The van der Waals surface area contributed by atoms with E-state index in [0.717, 1.165) is 0 Å². The van der Waals surface area contributed by atoms with Crippen LogP contribution < -0.4 is 0 Å². The quantitative estimate of drug-likeness (QED) is 0.555. The van der Waals surface area contributed by atoms with Gasteiger partial charge in [-0.2, -0.15) is 0 Å². The zero-order valence-electron chi connectivity index (χ0n) is 5.35. The Kier molecular flexibility index (Phi) is 3.73. The maximum Gasteiger partial charge on any atom is 0.224 e. The number of hydrogen-bond donors (Lipinski definition) is 0. The van der Waals surface area contributed by atoms with Gasteiger partial charge in [0.05, 0.1) is 0 Å². The smallest absolute Gasteiger partial charge is 0.224 e. The number of methoxy groups -OCH3 is 2. The zero-order valence-corrected chi connectivity index (χ0v) is 5.35. The molecule has 2 atom stereocenters. The highest BCUT2D eigenvalue weighted by Crippen LogP contribution is 2.00. The number of hydrogen-bond acceptors (Lipinski definition) is 2. The molecule has 0 aromatic carbocycles. The van der Waals surface area contributed by atoms with Gasteiger partial charge in [-0.1, -0.05) is 0 Å². The van der Waals surface area contributed by atoms with Crippen LogP contribution >= 0.6 is 0 Å². The SMILES string of the molecule is COC(C)C(F)OC. The normalized spacial score (nSPS) is 18.0. The second-order valence-corrected chi connectivity index (χ2v) is 1.53. The average Bonchev–Trinajstić information content (AvgIpc) is 1.84. The summed E-state index contributed by atoms with van der Waals surface area (Å²) in [5.74, 6) is 0. The van der Waals surface area contributed by atoms with E-state index in [1.807, 2.05) is 0 Å². The summed E-state index contributed by atoms with van der Waals surface area (Å²) in [5, 5.41) is 0. The lowest BCUT2D eigenvalue weighted by Gasteiger charge is -2.11. The molecule has 3 heteroatoms. The van der Waals surface area contributed by atoms with Crippen molar-refractivity contribution in [2.24, 2.45) is 0 Å². The first-order valence-electron chi connectivity index (χ1n) is 2.42. The molecule has 0 amide bonds. The van der Waals surface area contributed by atoms with Gasteiger partial charge in [-0.05, 0) is 6.92 Å². The molecule has 2 nitrogen and oxygen atoms in total. The maximum atomic E-state index is 12.2. The van der Waals surface area contributed by atoms with Gasteiger partial charge in [0.25, 0.3) is 0 Å². The molecule has 8 heavy (non-hydrogen) atoms. The van der Waals surface area contributed by atoms with Gasteiger partial charge in [0.1, 0.15) is 6.10 Å². The molecule has 0 rings (SSSR count).